The van der Waals surface area contributed by atoms with Gasteiger partial charge in [0.2, 0.25) is 0 Å². The third-order valence-electron chi connectivity index (χ3n) is 2.57. The van der Waals surface area contributed by atoms with Crippen molar-refractivity contribution in [2.24, 2.45) is 0 Å². The van der Waals surface area contributed by atoms with Crippen molar-refractivity contribution in [2.45, 2.75) is 24.3 Å². The number of hydrogen-bond donors (Lipinski definition) is 1. The Labute approximate surface area is 110 Å². The summed E-state index contributed by atoms with van der Waals surface area (Å²) in [6, 6.07) is 9.83. The Hall–Kier alpha value is -1.40. The lowest BCUT2D eigenvalue weighted by Gasteiger charge is -2.09. The molecule has 0 fully saturated rings. The van der Waals surface area contributed by atoms with Crippen molar-refractivity contribution < 1.29 is 5.11 Å². The molecule has 1 heterocycles. The van der Waals surface area contributed by atoms with E-state index >= 15 is 0 Å². The molecule has 0 spiro atoms. The summed E-state index contributed by atoms with van der Waals surface area (Å²) in [5.74, 6) is 1.57. The number of benzene rings is 1. The van der Waals surface area contributed by atoms with Crippen LogP contribution in [-0.2, 0) is 5.75 Å². The molecule has 0 radical (unpaired) electrons. The maximum Gasteiger partial charge on any atom is 0.166 e. The average Bonchev–Trinajstić information content (AvgIpc) is 2.86. The quantitative estimate of drug-likeness (QED) is 0.859. The van der Waals surface area contributed by atoms with Gasteiger partial charge in [-0.1, -0.05) is 25.1 Å². The number of tetrazole rings is 1. The molecule has 1 aromatic carbocycles. The van der Waals surface area contributed by atoms with Crippen molar-refractivity contribution in [3.8, 4) is 5.69 Å². The van der Waals surface area contributed by atoms with Crippen LogP contribution in [0.25, 0.3) is 5.69 Å². The van der Waals surface area contributed by atoms with Gasteiger partial charge >= 0.3 is 0 Å². The summed E-state index contributed by atoms with van der Waals surface area (Å²) < 4.78 is 1.75. The minimum atomic E-state index is 0.220. The molecule has 0 aliphatic carbocycles. The first-order chi connectivity index (χ1) is 8.81. The highest BCUT2D eigenvalue weighted by Crippen LogP contribution is 2.19. The molecule has 1 N–H and O–H groups in total. The summed E-state index contributed by atoms with van der Waals surface area (Å²) >= 11 is 1.74. The highest BCUT2D eigenvalue weighted by atomic mass is 32.2. The summed E-state index contributed by atoms with van der Waals surface area (Å²) in [7, 11) is 0. The van der Waals surface area contributed by atoms with E-state index in [2.05, 4.69) is 22.4 Å². The lowest BCUT2D eigenvalue weighted by Crippen LogP contribution is -2.05. The van der Waals surface area contributed by atoms with Gasteiger partial charge in [-0.2, -0.15) is 16.4 Å². The summed E-state index contributed by atoms with van der Waals surface area (Å²) in [6.07, 6.45) is 0.789. The molecule has 0 bridgehead atoms. The molecule has 1 atom stereocenters. The molecule has 2 aromatic rings. The topological polar surface area (TPSA) is 63.8 Å². The van der Waals surface area contributed by atoms with E-state index in [4.69, 9.17) is 5.11 Å². The van der Waals surface area contributed by atoms with Crippen molar-refractivity contribution in [2.75, 3.05) is 6.61 Å². The fraction of sp³-hybridized carbons (Fsp3) is 0.417. The van der Waals surface area contributed by atoms with E-state index in [1.165, 1.54) is 0 Å². The Kier molecular flexibility index (Phi) is 4.72. The highest BCUT2D eigenvalue weighted by Gasteiger charge is 2.10. The van der Waals surface area contributed by atoms with Crippen LogP contribution >= 0.6 is 11.8 Å². The minimum absolute atomic E-state index is 0.220. The summed E-state index contributed by atoms with van der Waals surface area (Å²) in [4.78, 5) is 0. The smallest absolute Gasteiger partial charge is 0.166 e. The standard InChI is InChI=1S/C12H16N4OS/c1-10(7-8-17)18-9-12-13-14-15-16(12)11-5-3-2-4-6-11/h2-6,10,17H,7-9H2,1H3. The lowest BCUT2D eigenvalue weighted by molar-refractivity contribution is 0.289. The molecular weight excluding hydrogens is 248 g/mol. The molecule has 0 aliphatic heterocycles. The van der Waals surface area contributed by atoms with E-state index in [1.54, 1.807) is 16.4 Å². The van der Waals surface area contributed by atoms with Crippen molar-refractivity contribution in [1.82, 2.24) is 20.2 Å². The first-order valence-electron chi connectivity index (χ1n) is 5.86. The monoisotopic (exact) mass is 264 g/mol. The van der Waals surface area contributed by atoms with Gasteiger partial charge in [0.05, 0.1) is 11.4 Å². The maximum atomic E-state index is 8.87. The van der Waals surface area contributed by atoms with Gasteiger partial charge in [-0.3, -0.25) is 0 Å². The van der Waals surface area contributed by atoms with Crippen molar-refractivity contribution in [1.29, 1.82) is 0 Å². The van der Waals surface area contributed by atoms with Crippen LogP contribution in [0, 0.1) is 0 Å². The van der Waals surface area contributed by atoms with E-state index in [9.17, 15) is 0 Å². The number of aliphatic hydroxyl groups is 1. The normalized spacial score (nSPS) is 12.6. The molecule has 1 unspecified atom stereocenters. The largest absolute Gasteiger partial charge is 0.396 e. The van der Waals surface area contributed by atoms with Crippen LogP contribution in [0.4, 0.5) is 0 Å². The zero-order valence-corrected chi connectivity index (χ0v) is 11.0. The molecular formula is C12H16N4OS. The first-order valence-corrected chi connectivity index (χ1v) is 6.91. The third kappa shape index (κ3) is 3.30. The van der Waals surface area contributed by atoms with Gasteiger partial charge in [0.25, 0.3) is 0 Å². The zero-order chi connectivity index (χ0) is 12.8. The number of hydrogen-bond acceptors (Lipinski definition) is 5. The number of thioether (sulfide) groups is 1. The van der Waals surface area contributed by atoms with Crippen LogP contribution in [0.2, 0.25) is 0 Å². The molecule has 0 aliphatic rings. The third-order valence-corrected chi connectivity index (χ3v) is 3.80. The van der Waals surface area contributed by atoms with E-state index in [-0.39, 0.29) is 6.61 Å². The predicted octanol–water partition coefficient (Wildman–Crippen LogP) is 1.67. The fourth-order valence-electron chi connectivity index (χ4n) is 1.55. The lowest BCUT2D eigenvalue weighted by atomic mass is 10.3. The Morgan fingerprint density at radius 1 is 1.33 bits per heavy atom. The molecule has 6 heteroatoms. The number of aliphatic hydroxyl groups excluding tert-OH is 1. The SMILES string of the molecule is CC(CCO)SCc1nnnn1-c1ccccc1. The van der Waals surface area contributed by atoms with Crippen LogP contribution in [-0.4, -0.2) is 37.2 Å². The van der Waals surface area contributed by atoms with E-state index in [0.29, 0.717) is 5.25 Å². The average molecular weight is 264 g/mol. The number of aromatic nitrogens is 4. The summed E-state index contributed by atoms with van der Waals surface area (Å²) in [5, 5.41) is 21.0. The fourth-order valence-corrected chi connectivity index (χ4v) is 2.43. The Morgan fingerprint density at radius 3 is 2.83 bits per heavy atom. The van der Waals surface area contributed by atoms with Crippen LogP contribution in [0.3, 0.4) is 0 Å². The highest BCUT2D eigenvalue weighted by molar-refractivity contribution is 7.99. The molecule has 2 rings (SSSR count). The van der Waals surface area contributed by atoms with Gasteiger partial charge in [0, 0.05) is 11.9 Å². The Morgan fingerprint density at radius 2 is 2.11 bits per heavy atom. The van der Waals surface area contributed by atoms with Crippen LogP contribution < -0.4 is 0 Å². The molecule has 1 aromatic heterocycles. The first kappa shape index (κ1) is 13.0. The Bertz CT molecular complexity index is 474. The van der Waals surface area contributed by atoms with Crippen LogP contribution in [0.5, 0.6) is 0 Å². The number of rotatable bonds is 6. The van der Waals surface area contributed by atoms with Gasteiger partial charge in [-0.05, 0) is 29.0 Å². The molecule has 96 valence electrons. The predicted molar refractivity (Wildman–Crippen MR) is 71.6 cm³/mol. The Balaban J connectivity index is 2.05. The maximum absolute atomic E-state index is 8.87. The second-order valence-electron chi connectivity index (χ2n) is 3.98. The second kappa shape index (κ2) is 6.51. The van der Waals surface area contributed by atoms with Crippen molar-refractivity contribution in [3.63, 3.8) is 0 Å². The van der Waals surface area contributed by atoms with Gasteiger partial charge in [0.1, 0.15) is 0 Å². The molecule has 0 amide bonds. The van der Waals surface area contributed by atoms with Crippen molar-refractivity contribution in [3.05, 3.63) is 36.2 Å². The van der Waals surface area contributed by atoms with Crippen LogP contribution in [0.15, 0.2) is 30.3 Å². The second-order valence-corrected chi connectivity index (χ2v) is 5.40. The van der Waals surface area contributed by atoms with Gasteiger partial charge in [-0.25, -0.2) is 0 Å². The van der Waals surface area contributed by atoms with E-state index in [1.807, 2.05) is 30.3 Å². The van der Waals surface area contributed by atoms with Gasteiger partial charge in [0.15, 0.2) is 5.82 Å². The van der Waals surface area contributed by atoms with Crippen molar-refractivity contribution >= 4 is 11.8 Å². The number of para-hydroxylation sites is 1. The molecule has 18 heavy (non-hydrogen) atoms. The van der Waals surface area contributed by atoms with Gasteiger partial charge < -0.3 is 5.11 Å². The number of nitrogens with zero attached hydrogens (tertiary/aromatic N) is 4. The summed E-state index contributed by atoms with van der Waals surface area (Å²) in [5.41, 5.74) is 0.966. The summed E-state index contributed by atoms with van der Waals surface area (Å²) in [6.45, 7) is 2.31. The van der Waals surface area contributed by atoms with Gasteiger partial charge in [-0.15, -0.1) is 5.10 Å². The molecule has 5 nitrogen and oxygen atoms in total. The molecule has 0 saturated carbocycles. The van der Waals surface area contributed by atoms with Crippen LogP contribution in [0.1, 0.15) is 19.2 Å². The molecule has 0 saturated heterocycles. The van der Waals surface area contributed by atoms with E-state index < -0.39 is 0 Å². The zero-order valence-electron chi connectivity index (χ0n) is 10.2. The minimum Gasteiger partial charge on any atom is -0.396 e. The van der Waals surface area contributed by atoms with E-state index in [0.717, 1.165) is 23.7 Å².